The number of carbonyl (C=O) groups excluding carboxylic acids is 2. The van der Waals surface area contributed by atoms with E-state index in [2.05, 4.69) is 9.97 Å². The Kier molecular flexibility index (Phi) is 11.4. The van der Waals surface area contributed by atoms with Crippen LogP contribution < -0.4 is 10.6 Å². The molecule has 6 aromatic rings. The molecule has 2 heterocycles. The summed E-state index contributed by atoms with van der Waals surface area (Å²) in [7, 11) is -7.98. The Morgan fingerprint density at radius 3 is 1.44 bits per heavy atom. The molecular weight excluding hydrogens is 678 g/mol. The fourth-order valence-corrected chi connectivity index (χ4v) is 6.91. The lowest BCUT2D eigenvalue weighted by Gasteiger charge is -2.11. The highest BCUT2D eigenvalue weighted by Crippen LogP contribution is 2.40. The minimum atomic E-state index is -4.23. The highest BCUT2D eigenvalue weighted by molar-refractivity contribution is 7.61. The third-order valence-electron chi connectivity index (χ3n) is 8.07. The van der Waals surface area contributed by atoms with E-state index in [1.54, 1.807) is 68.1 Å². The van der Waals surface area contributed by atoms with E-state index in [0.717, 1.165) is 33.2 Å². The van der Waals surface area contributed by atoms with Gasteiger partial charge in [-0.3, -0.25) is 18.7 Å². The van der Waals surface area contributed by atoms with E-state index in [4.69, 9.17) is 14.3 Å². The van der Waals surface area contributed by atoms with Crippen molar-refractivity contribution in [2.75, 3.05) is 6.61 Å². The van der Waals surface area contributed by atoms with Gasteiger partial charge in [-0.25, -0.2) is 9.97 Å². The number of benzene rings is 4. The number of hydrogen-bond donors (Lipinski definition) is 3. The fraction of sp³-hybridized carbons (Fsp3) is 0.222. The molecule has 14 heteroatoms. The van der Waals surface area contributed by atoms with Crippen LogP contribution >= 0.6 is 15.2 Å². The zero-order chi connectivity index (χ0) is 36.1. The molecule has 260 valence electrons. The number of fused-ring (bicyclic) bond motifs is 2. The molecule has 1 atom stereocenters. The molecule has 6 rings (SSSR count). The Morgan fingerprint density at radius 2 is 1.06 bits per heavy atom. The second kappa shape index (κ2) is 15.6. The molecular formula is C36H38N4O8P2. The van der Waals surface area contributed by atoms with Crippen molar-refractivity contribution in [1.82, 2.24) is 19.1 Å². The Bertz CT molecular complexity index is 2240. The Morgan fingerprint density at radius 1 is 0.640 bits per heavy atom. The van der Waals surface area contributed by atoms with Gasteiger partial charge in [0.05, 0.1) is 51.9 Å². The van der Waals surface area contributed by atoms with Gasteiger partial charge in [-0.15, -0.1) is 0 Å². The van der Waals surface area contributed by atoms with E-state index in [0.29, 0.717) is 37.1 Å². The normalized spacial score (nSPS) is 12.8. The van der Waals surface area contributed by atoms with Gasteiger partial charge in [-0.2, -0.15) is 0 Å². The van der Waals surface area contributed by atoms with Crippen molar-refractivity contribution in [2.24, 2.45) is 0 Å². The second-order valence-corrected chi connectivity index (χ2v) is 14.9. The molecule has 3 N–H and O–H groups in total. The topological polar surface area (TPSA) is 174 Å². The average molecular weight is 717 g/mol. The molecule has 0 spiro atoms. The minimum Gasteiger partial charge on any atom is -0.326 e. The zero-order valence-electron chi connectivity index (χ0n) is 27.8. The van der Waals surface area contributed by atoms with E-state index in [-0.39, 0.29) is 28.8 Å². The number of imidazole rings is 2. The fourth-order valence-electron chi connectivity index (χ4n) is 5.35. The predicted octanol–water partition coefficient (Wildman–Crippen LogP) is 6.00. The Labute approximate surface area is 289 Å². The third kappa shape index (κ3) is 8.60. The summed E-state index contributed by atoms with van der Waals surface area (Å²) < 4.78 is 32.0. The van der Waals surface area contributed by atoms with Gasteiger partial charge in [-0.1, -0.05) is 38.1 Å². The van der Waals surface area contributed by atoms with Crippen LogP contribution in [0.25, 0.3) is 22.1 Å². The number of Topliss-reactive ketones (excluding diaryl/α,β-unsaturated/α-hetero) is 2. The Hall–Kier alpha value is -4.54. The number of nitrogens with zero attached hydrogens (tertiary/aromatic N) is 4. The van der Waals surface area contributed by atoms with Gasteiger partial charge in [-0.05, 0) is 78.7 Å². The number of aromatic nitrogens is 4. The van der Waals surface area contributed by atoms with Gasteiger partial charge < -0.3 is 28.3 Å². The highest BCUT2D eigenvalue weighted by atomic mass is 31.2. The summed E-state index contributed by atoms with van der Waals surface area (Å²) in [6, 6.07) is 24.0. The third-order valence-corrected chi connectivity index (χ3v) is 10.6. The van der Waals surface area contributed by atoms with E-state index in [1.807, 2.05) is 47.2 Å². The van der Waals surface area contributed by atoms with Gasteiger partial charge in [0.15, 0.2) is 11.6 Å². The molecule has 0 aliphatic carbocycles. The van der Waals surface area contributed by atoms with E-state index in [9.17, 15) is 23.6 Å². The standard InChI is InChI=1S/C19H21N2O4P.C17H17N2O4P/c1-3-19(22)15-7-10-17-18(11-15)21(13-20-17)12-14-5-8-16(9-6-14)26(23,24)25-4-2;1-2-17(20)13-5-8-15-16(9-13)19(11-18-15)10-12-3-6-14(7-4-12)24(21,22)23/h5-11,13H,3-4,12H2,1-2H3,(H,23,24);3-9,11H,2,10H2,1H3,(H2,21,22,23). The molecule has 0 fully saturated rings. The van der Waals surface area contributed by atoms with Crippen molar-refractivity contribution in [3.8, 4) is 0 Å². The quantitative estimate of drug-likeness (QED) is 0.101. The van der Waals surface area contributed by atoms with Crippen molar-refractivity contribution < 1.29 is 37.9 Å². The highest BCUT2D eigenvalue weighted by Gasteiger charge is 2.21. The molecule has 0 saturated carbocycles. The zero-order valence-corrected chi connectivity index (χ0v) is 29.6. The largest absolute Gasteiger partial charge is 0.358 e. The average Bonchev–Trinajstić information content (AvgIpc) is 3.70. The molecule has 0 bridgehead atoms. The lowest BCUT2D eigenvalue weighted by atomic mass is 10.1. The van der Waals surface area contributed by atoms with Crippen LogP contribution in [0.2, 0.25) is 0 Å². The first kappa shape index (κ1) is 36.7. The maximum atomic E-state index is 12.0. The van der Waals surface area contributed by atoms with Gasteiger partial charge in [0.25, 0.3) is 0 Å². The molecule has 0 amide bonds. The molecule has 50 heavy (non-hydrogen) atoms. The summed E-state index contributed by atoms with van der Waals surface area (Å²) in [5.41, 5.74) is 6.54. The van der Waals surface area contributed by atoms with Crippen molar-refractivity contribution in [1.29, 1.82) is 0 Å². The molecule has 0 radical (unpaired) electrons. The molecule has 4 aromatic carbocycles. The van der Waals surface area contributed by atoms with Gasteiger partial charge in [0, 0.05) is 37.1 Å². The first-order valence-corrected chi connectivity index (χ1v) is 19.2. The van der Waals surface area contributed by atoms with Crippen LogP contribution in [0, 0.1) is 0 Å². The lowest BCUT2D eigenvalue weighted by molar-refractivity contribution is 0.0980. The lowest BCUT2D eigenvalue weighted by Crippen LogP contribution is -2.08. The first-order chi connectivity index (χ1) is 23.8. The summed E-state index contributed by atoms with van der Waals surface area (Å²) in [6.07, 6.45) is 4.34. The smallest absolute Gasteiger partial charge is 0.326 e. The number of hydrogen-bond acceptors (Lipinski definition) is 7. The van der Waals surface area contributed by atoms with Gasteiger partial charge in [0.1, 0.15) is 0 Å². The van der Waals surface area contributed by atoms with Crippen molar-refractivity contribution in [2.45, 2.75) is 46.7 Å². The first-order valence-electron chi connectivity index (χ1n) is 16.0. The van der Waals surface area contributed by atoms with Crippen LogP contribution in [0.1, 0.15) is 65.5 Å². The molecule has 12 nitrogen and oxygen atoms in total. The maximum Gasteiger partial charge on any atom is 0.358 e. The molecule has 1 unspecified atom stereocenters. The maximum absolute atomic E-state index is 12.0. The number of carbonyl (C=O) groups is 2. The summed E-state index contributed by atoms with van der Waals surface area (Å²) in [4.78, 5) is 60.7. The van der Waals surface area contributed by atoms with Crippen LogP contribution in [0.15, 0.2) is 97.6 Å². The van der Waals surface area contributed by atoms with Crippen molar-refractivity contribution >= 4 is 59.4 Å². The summed E-state index contributed by atoms with van der Waals surface area (Å²) in [6.45, 7) is 6.57. The van der Waals surface area contributed by atoms with Crippen LogP contribution in [-0.4, -0.2) is 52.0 Å². The molecule has 2 aromatic heterocycles. The summed E-state index contributed by atoms with van der Waals surface area (Å²) >= 11 is 0. The molecule has 0 saturated heterocycles. The number of rotatable bonds is 12. The van der Waals surface area contributed by atoms with Crippen LogP contribution in [-0.2, 0) is 26.7 Å². The van der Waals surface area contributed by atoms with Gasteiger partial charge in [0.2, 0.25) is 0 Å². The number of ketones is 2. The SMILES string of the molecule is CCC(=O)c1ccc2ncn(Cc3ccc(P(=O)(O)O)cc3)c2c1.CCOP(=O)(O)c1ccc(Cn2cnc3ccc(C(=O)CC)cc32)cc1. The van der Waals surface area contributed by atoms with Crippen LogP contribution in [0.4, 0.5) is 0 Å². The van der Waals surface area contributed by atoms with E-state index in [1.165, 1.54) is 12.1 Å². The Balaban J connectivity index is 0.000000195. The second-order valence-electron chi connectivity index (χ2n) is 11.5. The van der Waals surface area contributed by atoms with E-state index < -0.39 is 15.2 Å². The summed E-state index contributed by atoms with van der Waals surface area (Å²) in [5.74, 6) is 0.175. The molecule has 0 aliphatic rings. The molecule has 0 aliphatic heterocycles. The van der Waals surface area contributed by atoms with Crippen LogP contribution in [0.3, 0.4) is 0 Å². The van der Waals surface area contributed by atoms with E-state index >= 15 is 0 Å². The summed E-state index contributed by atoms with van der Waals surface area (Å²) in [5, 5.41) is 0.270. The van der Waals surface area contributed by atoms with Crippen molar-refractivity contribution in [3.63, 3.8) is 0 Å². The minimum absolute atomic E-state index is 0.00225. The monoisotopic (exact) mass is 716 g/mol. The van der Waals surface area contributed by atoms with Crippen molar-refractivity contribution in [3.05, 3.63) is 120 Å². The van der Waals surface area contributed by atoms with Gasteiger partial charge >= 0.3 is 15.2 Å². The predicted molar refractivity (Wildman–Crippen MR) is 193 cm³/mol. The van der Waals surface area contributed by atoms with Crippen LogP contribution in [0.5, 0.6) is 0 Å².